The molecule has 1 saturated heterocycles. The Bertz CT molecular complexity index is 759. The summed E-state index contributed by atoms with van der Waals surface area (Å²) in [6, 6.07) is 6.72. The molecule has 1 saturated carbocycles. The van der Waals surface area contributed by atoms with Crippen molar-refractivity contribution in [1.29, 1.82) is 0 Å². The van der Waals surface area contributed by atoms with Gasteiger partial charge in [0.25, 0.3) is 11.8 Å². The maximum atomic E-state index is 12.5. The van der Waals surface area contributed by atoms with Crippen LogP contribution in [0.2, 0.25) is 0 Å². The topological polar surface area (TPSA) is 78.0 Å². The lowest BCUT2D eigenvalue weighted by Gasteiger charge is -2.38. The van der Waals surface area contributed by atoms with Gasteiger partial charge in [-0.15, -0.1) is 0 Å². The van der Waals surface area contributed by atoms with E-state index in [4.69, 9.17) is 0 Å². The van der Waals surface area contributed by atoms with Crippen LogP contribution in [-0.4, -0.2) is 71.1 Å². The Morgan fingerprint density at radius 1 is 0.889 bits per heavy atom. The maximum absolute atomic E-state index is 12.5. The molecule has 27 heavy (non-hydrogen) atoms. The van der Waals surface area contributed by atoms with Crippen LogP contribution in [0.25, 0.3) is 0 Å². The summed E-state index contributed by atoms with van der Waals surface area (Å²) in [5, 5.41) is 0. The van der Waals surface area contributed by atoms with Crippen molar-refractivity contribution < 1.29 is 19.2 Å². The van der Waals surface area contributed by atoms with E-state index in [1.165, 1.54) is 0 Å². The highest BCUT2D eigenvalue weighted by molar-refractivity contribution is 6.21. The third-order valence-electron chi connectivity index (χ3n) is 5.83. The van der Waals surface area contributed by atoms with Gasteiger partial charge in [0.15, 0.2) is 0 Å². The van der Waals surface area contributed by atoms with Gasteiger partial charge in [-0.05, 0) is 25.0 Å². The first-order valence-corrected chi connectivity index (χ1v) is 9.58. The molecule has 0 N–H and O–H groups in total. The molecule has 7 heteroatoms. The highest BCUT2D eigenvalue weighted by Crippen LogP contribution is 2.28. The molecule has 2 fully saturated rings. The third kappa shape index (κ3) is 3.22. The van der Waals surface area contributed by atoms with Crippen molar-refractivity contribution in [2.75, 3.05) is 32.7 Å². The highest BCUT2D eigenvalue weighted by atomic mass is 16.2. The van der Waals surface area contributed by atoms with Crippen LogP contribution in [0.4, 0.5) is 0 Å². The molecule has 1 aromatic carbocycles. The number of hydrogen-bond donors (Lipinski definition) is 0. The van der Waals surface area contributed by atoms with Gasteiger partial charge in [0.2, 0.25) is 11.8 Å². The van der Waals surface area contributed by atoms with E-state index in [0.717, 1.165) is 24.2 Å². The Morgan fingerprint density at radius 2 is 1.44 bits per heavy atom. The summed E-state index contributed by atoms with van der Waals surface area (Å²) < 4.78 is 0. The van der Waals surface area contributed by atoms with E-state index >= 15 is 0 Å². The average molecular weight is 369 g/mol. The predicted molar refractivity (Wildman–Crippen MR) is 96.9 cm³/mol. The molecule has 0 radical (unpaired) electrons. The minimum Gasteiger partial charge on any atom is -0.339 e. The molecule has 0 aromatic heterocycles. The molecular formula is C20H23N3O4. The van der Waals surface area contributed by atoms with E-state index in [0.29, 0.717) is 37.3 Å². The van der Waals surface area contributed by atoms with Crippen molar-refractivity contribution >= 4 is 23.6 Å². The SMILES string of the molecule is O=C(CCN1C(=O)c2ccccc2C1=O)N1CCN(C(=O)C2CCC2)CC1. The van der Waals surface area contributed by atoms with Crippen LogP contribution in [-0.2, 0) is 9.59 Å². The highest BCUT2D eigenvalue weighted by Gasteiger charge is 2.36. The van der Waals surface area contributed by atoms with E-state index < -0.39 is 0 Å². The van der Waals surface area contributed by atoms with Gasteiger partial charge < -0.3 is 9.80 Å². The Morgan fingerprint density at radius 3 is 1.96 bits per heavy atom. The van der Waals surface area contributed by atoms with Crippen LogP contribution in [0.5, 0.6) is 0 Å². The summed E-state index contributed by atoms with van der Waals surface area (Å²) in [7, 11) is 0. The number of carbonyl (C=O) groups is 4. The summed E-state index contributed by atoms with van der Waals surface area (Å²) in [6.45, 7) is 2.24. The number of hydrogen-bond acceptors (Lipinski definition) is 4. The van der Waals surface area contributed by atoms with E-state index in [9.17, 15) is 19.2 Å². The van der Waals surface area contributed by atoms with Crippen LogP contribution >= 0.6 is 0 Å². The summed E-state index contributed by atoms with van der Waals surface area (Å²) in [5.41, 5.74) is 0.802. The number of imide groups is 1. The van der Waals surface area contributed by atoms with Gasteiger partial charge in [-0.25, -0.2) is 0 Å². The van der Waals surface area contributed by atoms with Gasteiger partial charge in [0.05, 0.1) is 11.1 Å². The molecule has 0 bridgehead atoms. The molecule has 1 aliphatic carbocycles. The molecule has 0 atom stereocenters. The fourth-order valence-corrected chi connectivity index (χ4v) is 3.90. The van der Waals surface area contributed by atoms with E-state index in [2.05, 4.69) is 0 Å². The van der Waals surface area contributed by atoms with Crippen molar-refractivity contribution in [3.8, 4) is 0 Å². The van der Waals surface area contributed by atoms with Gasteiger partial charge in [0, 0.05) is 45.1 Å². The smallest absolute Gasteiger partial charge is 0.261 e. The number of rotatable bonds is 4. The lowest BCUT2D eigenvalue weighted by atomic mass is 9.84. The van der Waals surface area contributed by atoms with E-state index in [-0.39, 0.29) is 42.5 Å². The van der Waals surface area contributed by atoms with E-state index in [1.807, 2.05) is 4.90 Å². The van der Waals surface area contributed by atoms with Crippen molar-refractivity contribution in [2.24, 2.45) is 5.92 Å². The van der Waals surface area contributed by atoms with Crippen molar-refractivity contribution in [2.45, 2.75) is 25.7 Å². The lowest BCUT2D eigenvalue weighted by Crippen LogP contribution is -2.53. The van der Waals surface area contributed by atoms with Crippen molar-refractivity contribution in [1.82, 2.24) is 14.7 Å². The van der Waals surface area contributed by atoms with Gasteiger partial charge in [0.1, 0.15) is 0 Å². The monoisotopic (exact) mass is 369 g/mol. The Hall–Kier alpha value is -2.70. The van der Waals surface area contributed by atoms with Crippen LogP contribution < -0.4 is 0 Å². The molecule has 4 rings (SSSR count). The second-order valence-electron chi connectivity index (χ2n) is 7.39. The van der Waals surface area contributed by atoms with Crippen LogP contribution in [0.3, 0.4) is 0 Å². The normalized spacial score (nSPS) is 19.9. The molecule has 0 spiro atoms. The van der Waals surface area contributed by atoms with Crippen LogP contribution in [0, 0.1) is 5.92 Å². The van der Waals surface area contributed by atoms with Crippen molar-refractivity contribution in [3.63, 3.8) is 0 Å². The second-order valence-corrected chi connectivity index (χ2v) is 7.39. The van der Waals surface area contributed by atoms with Gasteiger partial charge >= 0.3 is 0 Å². The maximum Gasteiger partial charge on any atom is 0.261 e. The Kier molecular flexibility index (Phi) is 4.68. The first kappa shape index (κ1) is 17.7. The molecule has 142 valence electrons. The molecule has 7 nitrogen and oxygen atoms in total. The lowest BCUT2D eigenvalue weighted by molar-refractivity contribution is -0.144. The minimum atomic E-state index is -0.334. The Balaban J connectivity index is 1.28. The quantitative estimate of drug-likeness (QED) is 0.746. The number of carbonyl (C=O) groups excluding carboxylic acids is 4. The first-order valence-electron chi connectivity index (χ1n) is 9.58. The molecule has 2 heterocycles. The summed E-state index contributed by atoms with van der Waals surface area (Å²) in [5.74, 6) is -0.346. The number of nitrogens with zero attached hydrogens (tertiary/aromatic N) is 3. The van der Waals surface area contributed by atoms with Gasteiger partial charge in [-0.1, -0.05) is 18.6 Å². The molecule has 0 unspecified atom stereocenters. The third-order valence-corrected chi connectivity index (χ3v) is 5.83. The fraction of sp³-hybridized carbons (Fsp3) is 0.500. The summed E-state index contributed by atoms with van der Waals surface area (Å²) in [4.78, 5) is 54.2. The minimum absolute atomic E-state index is 0.0812. The van der Waals surface area contributed by atoms with Gasteiger partial charge in [-0.2, -0.15) is 0 Å². The fourth-order valence-electron chi connectivity index (χ4n) is 3.90. The number of benzene rings is 1. The number of fused-ring (bicyclic) bond motifs is 1. The standard InChI is InChI=1S/C20H23N3O4/c24-17(21-10-12-22(13-11-21)18(25)14-4-3-5-14)8-9-23-19(26)15-6-1-2-7-16(15)20(23)27/h1-2,6-7,14H,3-5,8-13H2. The first-order chi connectivity index (χ1) is 13.1. The zero-order chi connectivity index (χ0) is 19.0. The summed E-state index contributed by atoms with van der Waals surface area (Å²) in [6.07, 6.45) is 3.21. The molecule has 1 aromatic rings. The zero-order valence-corrected chi connectivity index (χ0v) is 15.2. The van der Waals surface area contributed by atoms with Crippen LogP contribution in [0.15, 0.2) is 24.3 Å². The molecule has 2 aliphatic heterocycles. The molecule has 3 aliphatic rings. The number of piperazine rings is 1. The van der Waals surface area contributed by atoms with Gasteiger partial charge in [-0.3, -0.25) is 24.1 Å². The molecular weight excluding hydrogens is 346 g/mol. The zero-order valence-electron chi connectivity index (χ0n) is 15.2. The summed E-state index contributed by atoms with van der Waals surface area (Å²) >= 11 is 0. The largest absolute Gasteiger partial charge is 0.339 e. The molecule has 4 amide bonds. The average Bonchev–Trinajstić information content (AvgIpc) is 2.89. The second kappa shape index (κ2) is 7.13. The van der Waals surface area contributed by atoms with Crippen molar-refractivity contribution in [3.05, 3.63) is 35.4 Å². The van der Waals surface area contributed by atoms with E-state index in [1.54, 1.807) is 29.2 Å². The predicted octanol–water partition coefficient (Wildman–Crippen LogP) is 1.14. The number of amides is 4. The van der Waals surface area contributed by atoms with Crippen LogP contribution in [0.1, 0.15) is 46.4 Å². The Labute approximate surface area is 157 Å².